The number of aromatic nitrogens is 9. The second kappa shape index (κ2) is 14.2. The van der Waals surface area contributed by atoms with E-state index in [-0.39, 0.29) is 23.7 Å². The molecule has 0 unspecified atom stereocenters. The summed E-state index contributed by atoms with van der Waals surface area (Å²) in [6.45, 7) is 11.1. The van der Waals surface area contributed by atoms with Crippen molar-refractivity contribution in [2.75, 3.05) is 43.7 Å². The molecule has 14 nitrogen and oxygen atoms in total. The molecular weight excluding hydrogens is 791 g/mol. The Hall–Kier alpha value is -4.88. The van der Waals surface area contributed by atoms with Crippen LogP contribution in [0.15, 0.2) is 18.6 Å². The number of hydrogen-bond acceptors (Lipinski definition) is 14. The first-order chi connectivity index (χ1) is 26.7. The van der Waals surface area contributed by atoms with Crippen molar-refractivity contribution in [2.45, 2.75) is 66.7 Å². The second-order valence-corrected chi connectivity index (χ2v) is 19.8. The first-order valence-electron chi connectivity index (χ1n) is 18.3. The summed E-state index contributed by atoms with van der Waals surface area (Å²) < 4.78 is 30.9. The van der Waals surface area contributed by atoms with Gasteiger partial charge in [-0.15, -0.1) is 34.0 Å². The highest BCUT2D eigenvalue weighted by Gasteiger charge is 2.53. The van der Waals surface area contributed by atoms with Crippen molar-refractivity contribution in [1.82, 2.24) is 45.1 Å². The molecule has 0 bridgehead atoms. The first-order valence-corrected chi connectivity index (χ1v) is 20.8. The summed E-state index contributed by atoms with van der Waals surface area (Å²) in [5, 5.41) is 26.0. The standard InChI is InChI=1S/C14H18N4OS.C12H14F2N4S.C12H14N4OS/c1-14(2)6-9-10(15-13(20-9)17(3)4)8-7-18(5)16-11(8)12(14)19;1-11(2)4-7-8(17-10(15-3)19-7)6-5-16-18-9(6)12(11,13)14;1-12(2)4-7-8(15-11(13-3)18-7)6-5-14-16-9(6)10(12)17/h7H,6H2,1-5H3;5H,4H2,1-3H3,(H,15,17)(H,16,18);5H,4H2,1-3H3,(H,13,15)(H,14,16). The van der Waals surface area contributed by atoms with Gasteiger partial charge in [-0.1, -0.05) is 41.5 Å². The number of alkyl halides is 2. The number of nitrogens with zero attached hydrogens (tertiary/aromatic N) is 8. The number of nitrogens with one attached hydrogen (secondary N) is 4. The Labute approximate surface area is 341 Å². The highest BCUT2D eigenvalue weighted by atomic mass is 32.1. The Kier molecular flexibility index (Phi) is 10.0. The Balaban J connectivity index is 0.000000131. The minimum atomic E-state index is -2.96. The second-order valence-electron chi connectivity index (χ2n) is 16.5. The van der Waals surface area contributed by atoms with Crippen LogP contribution < -0.4 is 15.5 Å². The van der Waals surface area contributed by atoms with Gasteiger partial charge in [0, 0.05) is 77.9 Å². The molecule has 9 rings (SSSR count). The molecule has 57 heavy (non-hydrogen) atoms. The third kappa shape index (κ3) is 6.96. The number of halogens is 2. The van der Waals surface area contributed by atoms with E-state index in [0.717, 1.165) is 47.7 Å². The molecule has 3 aliphatic rings. The largest absolute Gasteiger partial charge is 0.365 e. The summed E-state index contributed by atoms with van der Waals surface area (Å²) in [6.07, 6.45) is 6.73. The zero-order valence-corrected chi connectivity index (χ0v) is 36.2. The highest BCUT2D eigenvalue weighted by Crippen LogP contribution is 2.53. The van der Waals surface area contributed by atoms with Gasteiger partial charge in [-0.3, -0.25) is 24.5 Å². The lowest BCUT2D eigenvalue weighted by Crippen LogP contribution is -2.35. The SMILES string of the molecule is CN(C)c1nc2c(s1)CC(C)(C)C(=O)c1nn(C)cc1-2.CNc1nc2c(s1)CC(C)(C)C(=O)c1[nH]ncc1-2.CNc1nc2c(s1)CC(C)(C)C(F)(F)c1[nH]ncc1-2. The maximum atomic E-state index is 14.6. The zero-order valence-electron chi connectivity index (χ0n) is 33.7. The van der Waals surface area contributed by atoms with Crippen molar-refractivity contribution in [2.24, 2.45) is 23.3 Å². The summed E-state index contributed by atoms with van der Waals surface area (Å²) in [7, 11) is 9.43. The van der Waals surface area contributed by atoms with E-state index < -0.39 is 22.2 Å². The van der Waals surface area contributed by atoms with Crippen LogP contribution in [-0.2, 0) is 32.2 Å². The van der Waals surface area contributed by atoms with Gasteiger partial charge in [-0.25, -0.2) is 15.0 Å². The summed E-state index contributed by atoms with van der Waals surface area (Å²) in [5.41, 5.74) is 3.44. The lowest BCUT2D eigenvalue weighted by atomic mass is 9.81. The van der Waals surface area contributed by atoms with Crippen molar-refractivity contribution in [3.63, 3.8) is 0 Å². The topological polar surface area (TPSA) is 175 Å². The molecule has 3 aliphatic carbocycles. The number of hydrogen-bond donors (Lipinski definition) is 4. The average molecular weight is 837 g/mol. The molecule has 6 heterocycles. The number of Topliss-reactive ketones (excluding diaryl/α,β-unsaturated/α-hetero) is 2. The smallest absolute Gasteiger partial charge is 0.295 e. The van der Waals surface area contributed by atoms with E-state index in [4.69, 9.17) is 4.98 Å². The first kappa shape index (κ1) is 40.3. The van der Waals surface area contributed by atoms with Crippen molar-refractivity contribution in [3.8, 4) is 33.8 Å². The summed E-state index contributed by atoms with van der Waals surface area (Å²) >= 11 is 4.68. The van der Waals surface area contributed by atoms with E-state index >= 15 is 0 Å². The Bertz CT molecular complexity index is 2500. The van der Waals surface area contributed by atoms with Gasteiger partial charge >= 0.3 is 0 Å². The zero-order chi connectivity index (χ0) is 41.4. The van der Waals surface area contributed by atoms with Crippen molar-refractivity contribution >= 4 is 61.0 Å². The molecule has 6 aromatic rings. The van der Waals surface area contributed by atoms with Crippen LogP contribution in [0.1, 0.15) is 82.8 Å². The van der Waals surface area contributed by atoms with Crippen LogP contribution in [0.5, 0.6) is 0 Å². The molecule has 0 spiro atoms. The number of aromatic amines is 2. The maximum Gasteiger partial charge on any atom is 0.295 e. The van der Waals surface area contributed by atoms with Gasteiger partial charge in [-0.2, -0.15) is 24.1 Å². The number of carbonyl (C=O) groups is 2. The summed E-state index contributed by atoms with van der Waals surface area (Å²) in [5.74, 6) is -2.75. The quantitative estimate of drug-likeness (QED) is 0.136. The van der Waals surface area contributed by atoms with Gasteiger partial charge in [0.25, 0.3) is 5.92 Å². The minimum Gasteiger partial charge on any atom is -0.365 e. The number of aryl methyl sites for hydroxylation is 1. The van der Waals surface area contributed by atoms with E-state index in [2.05, 4.69) is 46.1 Å². The van der Waals surface area contributed by atoms with Crippen LogP contribution in [0.4, 0.5) is 24.2 Å². The van der Waals surface area contributed by atoms with Crippen LogP contribution >= 0.6 is 34.0 Å². The molecule has 302 valence electrons. The average Bonchev–Trinajstić information content (AvgIpc) is 3.98. The monoisotopic (exact) mass is 836 g/mol. The van der Waals surface area contributed by atoms with Crippen molar-refractivity contribution < 1.29 is 18.4 Å². The Morgan fingerprint density at radius 2 is 1.25 bits per heavy atom. The molecule has 0 fully saturated rings. The minimum absolute atomic E-state index is 0.102. The van der Waals surface area contributed by atoms with E-state index in [9.17, 15) is 18.4 Å². The molecule has 0 saturated carbocycles. The molecule has 0 radical (unpaired) electrons. The molecular formula is C38H46F2N12O2S3. The van der Waals surface area contributed by atoms with E-state index in [1.165, 1.54) is 22.4 Å². The fraction of sp³-hybridized carbons (Fsp3) is 0.474. The fourth-order valence-corrected chi connectivity index (χ4v) is 10.6. The van der Waals surface area contributed by atoms with Crippen molar-refractivity contribution in [1.29, 1.82) is 0 Å². The maximum absolute atomic E-state index is 14.6. The number of ketones is 2. The molecule has 6 aromatic heterocycles. The predicted molar refractivity (Wildman–Crippen MR) is 222 cm³/mol. The third-order valence-electron chi connectivity index (χ3n) is 10.4. The van der Waals surface area contributed by atoms with E-state index in [1.807, 2.05) is 67.0 Å². The predicted octanol–water partition coefficient (Wildman–Crippen LogP) is 7.96. The van der Waals surface area contributed by atoms with Crippen molar-refractivity contribution in [3.05, 3.63) is 50.3 Å². The number of fused-ring (bicyclic) bond motifs is 9. The van der Waals surface area contributed by atoms with Gasteiger partial charge in [0.15, 0.2) is 27.0 Å². The number of rotatable bonds is 3. The molecule has 0 amide bonds. The molecule has 0 aliphatic heterocycles. The normalized spacial score (nSPS) is 17.6. The van der Waals surface area contributed by atoms with Crippen LogP contribution in [-0.4, -0.2) is 84.9 Å². The highest BCUT2D eigenvalue weighted by molar-refractivity contribution is 7.16. The number of carbonyl (C=O) groups excluding carboxylic acids is 2. The number of anilines is 3. The van der Waals surface area contributed by atoms with Gasteiger partial charge in [0.2, 0.25) is 0 Å². The Morgan fingerprint density at radius 3 is 1.86 bits per heavy atom. The van der Waals surface area contributed by atoms with Gasteiger partial charge in [0.1, 0.15) is 17.1 Å². The number of thiazole rings is 3. The number of H-pyrrole nitrogens is 2. The van der Waals surface area contributed by atoms with E-state index in [1.54, 1.807) is 54.4 Å². The van der Waals surface area contributed by atoms with Crippen LogP contribution in [0, 0.1) is 16.2 Å². The van der Waals surface area contributed by atoms with E-state index in [0.29, 0.717) is 35.5 Å². The third-order valence-corrected chi connectivity index (χ3v) is 13.8. The van der Waals surface area contributed by atoms with Gasteiger partial charge in [0.05, 0.1) is 40.6 Å². The van der Waals surface area contributed by atoms with Crippen LogP contribution in [0.25, 0.3) is 33.8 Å². The molecule has 0 saturated heterocycles. The van der Waals surface area contributed by atoms with Gasteiger partial charge in [-0.05, 0) is 19.3 Å². The molecule has 19 heteroatoms. The molecule has 0 aromatic carbocycles. The lowest BCUT2D eigenvalue weighted by Gasteiger charge is -2.31. The molecule has 4 N–H and O–H groups in total. The summed E-state index contributed by atoms with van der Waals surface area (Å²) in [6, 6.07) is 0. The fourth-order valence-electron chi connectivity index (χ4n) is 7.09. The lowest BCUT2D eigenvalue weighted by molar-refractivity contribution is -0.115. The van der Waals surface area contributed by atoms with Crippen LogP contribution in [0.3, 0.4) is 0 Å². The molecule has 0 atom stereocenters. The van der Waals surface area contributed by atoms with Gasteiger partial charge < -0.3 is 15.5 Å². The Morgan fingerprint density at radius 1 is 0.719 bits per heavy atom. The summed E-state index contributed by atoms with van der Waals surface area (Å²) in [4.78, 5) is 43.9. The van der Waals surface area contributed by atoms with Crippen LogP contribution in [0.2, 0.25) is 0 Å².